The number of imidazole rings is 2. The highest BCUT2D eigenvalue weighted by Crippen LogP contribution is 2.37. The molecule has 0 bridgehead atoms. The number of hydrogen-bond donors (Lipinski definition) is 5. The second-order valence-electron chi connectivity index (χ2n) is 15.5. The molecule has 0 atom stereocenters. The number of nitrogens with zero attached hydrogens (tertiary/aromatic N) is 6. The first-order valence-electron chi connectivity index (χ1n) is 21.0. The van der Waals surface area contributed by atoms with Gasteiger partial charge in [0.25, 0.3) is 0 Å². The van der Waals surface area contributed by atoms with Crippen molar-refractivity contribution in [3.63, 3.8) is 0 Å². The highest BCUT2D eigenvalue weighted by atomic mass is 32.1. The molecular weight excluding hydrogens is 843 g/mol. The minimum atomic E-state index is 0.688. The summed E-state index contributed by atoms with van der Waals surface area (Å²) in [5, 5.41) is 11.8. The molecule has 322 valence electrons. The van der Waals surface area contributed by atoms with E-state index in [2.05, 4.69) is 60.0 Å². The number of para-hydroxylation sites is 3. The summed E-state index contributed by atoms with van der Waals surface area (Å²) in [6.45, 7) is 14.5. The van der Waals surface area contributed by atoms with E-state index < -0.39 is 0 Å². The van der Waals surface area contributed by atoms with Crippen molar-refractivity contribution >= 4 is 83.9 Å². The topological polar surface area (TPSA) is 149 Å². The summed E-state index contributed by atoms with van der Waals surface area (Å²) in [6.07, 6.45) is 6.68. The molecule has 13 heteroatoms. The monoisotopic (exact) mass is 889 g/mol. The molecule has 6 heterocycles. The molecule has 0 aliphatic carbocycles. The summed E-state index contributed by atoms with van der Waals surface area (Å²) < 4.78 is 4.22. The molecule has 0 amide bonds. The van der Waals surface area contributed by atoms with E-state index in [0.717, 1.165) is 110 Å². The Balaban J connectivity index is 0.000000164. The molecule has 0 saturated carbocycles. The van der Waals surface area contributed by atoms with Crippen molar-refractivity contribution in [3.8, 4) is 21.1 Å². The first kappa shape index (κ1) is 42.3. The zero-order chi connectivity index (χ0) is 45.0. The molecule has 0 aliphatic heterocycles. The molecule has 0 fully saturated rings. The van der Waals surface area contributed by atoms with Gasteiger partial charge in [0, 0.05) is 41.3 Å². The largest absolute Gasteiger partial charge is 0.398 e. The van der Waals surface area contributed by atoms with Gasteiger partial charge in [-0.15, -0.1) is 0 Å². The maximum Gasteiger partial charge on any atom is 0.188 e. The van der Waals surface area contributed by atoms with E-state index >= 15 is 0 Å². The number of anilines is 7. The molecule has 0 unspecified atom stereocenters. The van der Waals surface area contributed by atoms with Gasteiger partial charge in [0.1, 0.15) is 11.3 Å². The average Bonchev–Trinajstić information content (AvgIpc) is 4.08. The van der Waals surface area contributed by atoms with E-state index in [1.165, 1.54) is 0 Å². The van der Waals surface area contributed by atoms with Crippen molar-refractivity contribution in [2.75, 3.05) is 27.4 Å². The van der Waals surface area contributed by atoms with Crippen molar-refractivity contribution in [3.05, 3.63) is 199 Å². The van der Waals surface area contributed by atoms with Crippen molar-refractivity contribution < 1.29 is 0 Å². The molecule has 0 saturated heterocycles. The van der Waals surface area contributed by atoms with Gasteiger partial charge in [0.05, 0.1) is 49.6 Å². The molecular formula is C52H47N11S2. The standard InChI is InChI=1S/C27H25N5S.C25H22N6S/c1-17(15-21-9-4-5-12-23(21)28)20-10-8-11-22(16-20)31-27-30-19(3)26(33-27)25-18(2)29-24-13-6-7-14-32(24)25;1-16(28-21-8-4-3-7-20(21)26)18-10-12-19(13-11-18)30-25-27-15-22(32-25)24-17(2)29-23-9-5-6-14-31(23)24/h4-14,16H,1,15,28H2,2-3H3,(H,30,31);3-15,28H,1,26H2,2H3,(H,27,30). The summed E-state index contributed by atoms with van der Waals surface area (Å²) in [6, 6.07) is 43.9. The van der Waals surface area contributed by atoms with Crippen LogP contribution in [-0.4, -0.2) is 28.7 Å². The van der Waals surface area contributed by atoms with Crippen molar-refractivity contribution in [1.82, 2.24) is 28.7 Å². The number of benzene rings is 4. The van der Waals surface area contributed by atoms with Gasteiger partial charge < -0.3 is 27.4 Å². The zero-order valence-corrected chi connectivity index (χ0v) is 37.8. The number of rotatable bonds is 12. The van der Waals surface area contributed by atoms with Gasteiger partial charge in [-0.1, -0.05) is 103 Å². The van der Waals surface area contributed by atoms with Crippen molar-refractivity contribution in [2.45, 2.75) is 27.2 Å². The fourth-order valence-corrected chi connectivity index (χ4v) is 9.61. The van der Waals surface area contributed by atoms with Crippen LogP contribution in [0.25, 0.3) is 43.7 Å². The maximum atomic E-state index is 6.11. The molecule has 10 aromatic rings. The van der Waals surface area contributed by atoms with Crippen LogP contribution in [0.15, 0.2) is 165 Å². The minimum Gasteiger partial charge on any atom is -0.398 e. The van der Waals surface area contributed by atoms with Gasteiger partial charge in [0.15, 0.2) is 10.3 Å². The van der Waals surface area contributed by atoms with Gasteiger partial charge in [-0.2, -0.15) is 0 Å². The molecule has 11 nitrogen and oxygen atoms in total. The van der Waals surface area contributed by atoms with Crippen LogP contribution >= 0.6 is 22.7 Å². The SMILES string of the molecule is C=C(Cc1ccccc1N)c1cccc(Nc2nc(C)c(-c3c(C)nc4ccccn34)s2)c1.C=C(Nc1ccccc1N)c1ccc(Nc2ncc(-c3c(C)nc4ccccn34)s2)cc1. The Bertz CT molecular complexity index is 3340. The van der Waals surface area contributed by atoms with E-state index in [9.17, 15) is 0 Å². The molecule has 0 radical (unpaired) electrons. The van der Waals surface area contributed by atoms with Crippen molar-refractivity contribution in [1.29, 1.82) is 0 Å². The molecule has 4 aromatic carbocycles. The molecule has 65 heavy (non-hydrogen) atoms. The van der Waals surface area contributed by atoms with E-state index in [4.69, 9.17) is 21.4 Å². The predicted molar refractivity (Wildman–Crippen MR) is 273 cm³/mol. The van der Waals surface area contributed by atoms with Crippen LogP contribution in [0, 0.1) is 20.8 Å². The van der Waals surface area contributed by atoms with Gasteiger partial charge in [-0.05, 0) is 116 Å². The van der Waals surface area contributed by atoms with Crippen LogP contribution in [0.2, 0.25) is 0 Å². The number of nitrogens with two attached hydrogens (primary N) is 2. The van der Waals surface area contributed by atoms with Gasteiger partial charge in [0.2, 0.25) is 0 Å². The lowest BCUT2D eigenvalue weighted by Gasteiger charge is -2.12. The van der Waals surface area contributed by atoms with Crippen LogP contribution in [0.4, 0.5) is 38.7 Å². The third-order valence-corrected chi connectivity index (χ3v) is 12.9. The zero-order valence-electron chi connectivity index (χ0n) is 36.2. The number of aromatic nitrogens is 6. The second kappa shape index (κ2) is 18.4. The minimum absolute atomic E-state index is 0.688. The number of nitrogen functional groups attached to an aromatic ring is 2. The summed E-state index contributed by atoms with van der Waals surface area (Å²) in [5.74, 6) is 0. The molecule has 6 aromatic heterocycles. The lowest BCUT2D eigenvalue weighted by molar-refractivity contribution is 1.18. The lowest BCUT2D eigenvalue weighted by atomic mass is 9.98. The fraction of sp³-hybridized carbons (Fsp3) is 0.0769. The van der Waals surface area contributed by atoms with E-state index in [1.807, 2.05) is 161 Å². The number of aryl methyl sites for hydroxylation is 3. The Kier molecular flexibility index (Phi) is 12.0. The van der Waals surface area contributed by atoms with E-state index in [-0.39, 0.29) is 0 Å². The first-order valence-corrected chi connectivity index (χ1v) is 22.6. The molecule has 7 N–H and O–H groups in total. The van der Waals surface area contributed by atoms with E-state index in [1.54, 1.807) is 22.7 Å². The predicted octanol–water partition coefficient (Wildman–Crippen LogP) is 12.8. The van der Waals surface area contributed by atoms with Crippen LogP contribution in [0.3, 0.4) is 0 Å². The smallest absolute Gasteiger partial charge is 0.188 e. The molecule has 0 aliphatic rings. The number of allylic oxidation sites excluding steroid dienone is 1. The second-order valence-corrected chi connectivity index (χ2v) is 17.5. The van der Waals surface area contributed by atoms with Gasteiger partial charge >= 0.3 is 0 Å². The van der Waals surface area contributed by atoms with Gasteiger partial charge in [-0.25, -0.2) is 19.9 Å². The van der Waals surface area contributed by atoms with Crippen LogP contribution in [0.1, 0.15) is 33.8 Å². The first-order chi connectivity index (χ1) is 31.6. The normalized spacial score (nSPS) is 11.0. The van der Waals surface area contributed by atoms with Crippen LogP contribution in [-0.2, 0) is 6.42 Å². The number of pyridine rings is 2. The summed E-state index contributed by atoms with van der Waals surface area (Å²) in [4.78, 5) is 20.9. The van der Waals surface area contributed by atoms with E-state index in [0.29, 0.717) is 12.1 Å². The number of fused-ring (bicyclic) bond motifs is 2. The highest BCUT2D eigenvalue weighted by Gasteiger charge is 2.18. The molecule has 10 rings (SSSR count). The van der Waals surface area contributed by atoms with Crippen molar-refractivity contribution in [2.24, 2.45) is 0 Å². The Morgan fingerprint density at radius 2 is 1.25 bits per heavy atom. The maximum absolute atomic E-state index is 6.11. The summed E-state index contributed by atoms with van der Waals surface area (Å²) in [7, 11) is 0. The lowest BCUT2D eigenvalue weighted by Crippen LogP contribution is -2.00. The Labute approximate surface area is 385 Å². The molecule has 0 spiro atoms. The fourth-order valence-electron chi connectivity index (χ4n) is 7.60. The van der Waals surface area contributed by atoms with Crippen LogP contribution in [0.5, 0.6) is 0 Å². The highest BCUT2D eigenvalue weighted by molar-refractivity contribution is 7.19. The number of hydrogen-bond acceptors (Lipinski definition) is 11. The average molecular weight is 890 g/mol. The van der Waals surface area contributed by atoms with Crippen LogP contribution < -0.4 is 27.4 Å². The quantitative estimate of drug-likeness (QED) is 0.0756. The summed E-state index contributed by atoms with van der Waals surface area (Å²) in [5.41, 5.74) is 28.4. The number of thiazole rings is 2. The third-order valence-electron chi connectivity index (χ3n) is 10.9. The Morgan fingerprint density at radius 1 is 0.600 bits per heavy atom. The Morgan fingerprint density at radius 3 is 1.97 bits per heavy atom. The summed E-state index contributed by atoms with van der Waals surface area (Å²) >= 11 is 3.24. The van der Waals surface area contributed by atoms with Gasteiger partial charge in [-0.3, -0.25) is 8.80 Å². The number of nitrogens with one attached hydrogen (secondary N) is 3. The third kappa shape index (κ3) is 9.23. The Hall–Kier alpha value is -8.00.